The minimum Gasteiger partial charge on any atom is -0.396 e. The molecule has 0 fully saturated rings. The van der Waals surface area contributed by atoms with Crippen LogP contribution in [0.15, 0.2) is 30.0 Å². The van der Waals surface area contributed by atoms with Gasteiger partial charge in [-0.05, 0) is 43.4 Å². The summed E-state index contributed by atoms with van der Waals surface area (Å²) in [5.74, 6) is 2.16. The molecule has 21 heavy (non-hydrogen) atoms. The Morgan fingerprint density at radius 3 is 3.10 bits per heavy atom. The van der Waals surface area contributed by atoms with Gasteiger partial charge in [0.25, 0.3) is 0 Å². The van der Waals surface area contributed by atoms with Crippen molar-refractivity contribution in [2.24, 2.45) is 0 Å². The second-order valence-corrected chi connectivity index (χ2v) is 6.26. The third-order valence-electron chi connectivity index (χ3n) is 3.37. The lowest BCUT2D eigenvalue weighted by molar-refractivity contribution is -0.115. The number of amides is 1. The van der Waals surface area contributed by atoms with E-state index in [4.69, 9.17) is 5.11 Å². The first-order valence-corrected chi connectivity index (χ1v) is 8.54. The fourth-order valence-electron chi connectivity index (χ4n) is 2.35. The fourth-order valence-corrected chi connectivity index (χ4v) is 3.03. The van der Waals surface area contributed by atoms with Gasteiger partial charge in [-0.15, -0.1) is 0 Å². The number of rotatable bonds is 7. The number of aliphatic hydroxyl groups excluding tert-OH is 1. The quantitative estimate of drug-likeness (QED) is 0.600. The maximum absolute atomic E-state index is 12.0. The molecule has 1 aliphatic rings. The van der Waals surface area contributed by atoms with Crippen LogP contribution in [0.4, 0.5) is 5.82 Å². The normalized spacial score (nSPS) is 14.6. The molecule has 0 saturated heterocycles. The summed E-state index contributed by atoms with van der Waals surface area (Å²) in [4.78, 5) is 16.2. The molecular formula is C16H22N2O2S. The predicted octanol–water partition coefficient (Wildman–Crippen LogP) is 3.14. The Kier molecular flexibility index (Phi) is 6.76. The summed E-state index contributed by atoms with van der Waals surface area (Å²) in [5, 5.41) is 11.6. The number of thioether (sulfide) groups is 1. The first-order valence-electron chi connectivity index (χ1n) is 7.39. The van der Waals surface area contributed by atoms with Crippen LogP contribution in [0.2, 0.25) is 0 Å². The molecule has 0 unspecified atom stereocenters. The summed E-state index contributed by atoms with van der Waals surface area (Å²) in [5.41, 5.74) is 2.35. The van der Waals surface area contributed by atoms with Crippen LogP contribution < -0.4 is 5.32 Å². The fraction of sp³-hybridized carbons (Fsp3) is 0.500. The molecule has 1 heterocycles. The van der Waals surface area contributed by atoms with Crippen LogP contribution in [-0.2, 0) is 10.5 Å². The van der Waals surface area contributed by atoms with Gasteiger partial charge in [-0.2, -0.15) is 11.8 Å². The smallest absolute Gasteiger partial charge is 0.229 e. The van der Waals surface area contributed by atoms with Crippen LogP contribution in [-0.4, -0.2) is 28.4 Å². The molecule has 0 atom stereocenters. The Hall–Kier alpha value is -1.33. The summed E-state index contributed by atoms with van der Waals surface area (Å²) in [6, 6.07) is 3.83. The van der Waals surface area contributed by atoms with Crippen molar-refractivity contribution in [2.75, 3.05) is 17.7 Å². The zero-order valence-corrected chi connectivity index (χ0v) is 13.0. The number of carbonyl (C=O) groups excluding carboxylic acids is 1. The van der Waals surface area contributed by atoms with E-state index >= 15 is 0 Å². The second kappa shape index (κ2) is 8.85. The number of carbonyl (C=O) groups is 1. The van der Waals surface area contributed by atoms with Crippen molar-refractivity contribution in [1.82, 2.24) is 4.98 Å². The van der Waals surface area contributed by atoms with Crippen molar-refractivity contribution in [3.8, 4) is 0 Å². The van der Waals surface area contributed by atoms with Gasteiger partial charge in [0.05, 0.1) is 6.61 Å². The molecule has 0 aliphatic heterocycles. The number of anilines is 1. The van der Waals surface area contributed by atoms with Gasteiger partial charge < -0.3 is 10.4 Å². The molecule has 1 aromatic rings. The molecule has 0 spiro atoms. The first kappa shape index (κ1) is 16.0. The highest BCUT2D eigenvalue weighted by molar-refractivity contribution is 7.98. The number of pyridine rings is 1. The number of aromatic nitrogens is 1. The van der Waals surface area contributed by atoms with Crippen molar-refractivity contribution in [1.29, 1.82) is 0 Å². The highest BCUT2D eigenvalue weighted by Crippen LogP contribution is 2.21. The maximum Gasteiger partial charge on any atom is 0.229 e. The summed E-state index contributed by atoms with van der Waals surface area (Å²) < 4.78 is 0. The number of hydrogen-bond acceptors (Lipinski definition) is 4. The summed E-state index contributed by atoms with van der Waals surface area (Å²) >= 11 is 1.66. The summed E-state index contributed by atoms with van der Waals surface area (Å²) in [6.45, 7) is 0.189. The van der Waals surface area contributed by atoms with E-state index in [1.165, 1.54) is 18.4 Å². The van der Waals surface area contributed by atoms with Gasteiger partial charge in [-0.1, -0.05) is 11.6 Å². The number of allylic oxidation sites excluding steroid dienone is 1. The number of nitrogens with one attached hydrogen (secondary N) is 1. The highest BCUT2D eigenvalue weighted by Gasteiger charge is 2.10. The number of nitrogens with zero attached hydrogens (tertiary/aromatic N) is 1. The van der Waals surface area contributed by atoms with Crippen LogP contribution in [0.1, 0.15) is 37.7 Å². The van der Waals surface area contributed by atoms with E-state index < -0.39 is 0 Å². The molecule has 114 valence electrons. The van der Waals surface area contributed by atoms with Gasteiger partial charge in [0.2, 0.25) is 5.91 Å². The van der Waals surface area contributed by atoms with E-state index in [0.29, 0.717) is 12.2 Å². The monoisotopic (exact) mass is 306 g/mol. The Labute approximate surface area is 130 Å². The van der Waals surface area contributed by atoms with E-state index in [9.17, 15) is 4.79 Å². The van der Waals surface area contributed by atoms with Crippen molar-refractivity contribution in [2.45, 2.75) is 37.9 Å². The number of aliphatic hydroxyl groups is 1. The van der Waals surface area contributed by atoms with Crippen molar-refractivity contribution in [3.63, 3.8) is 0 Å². The van der Waals surface area contributed by atoms with Crippen molar-refractivity contribution >= 4 is 23.5 Å². The van der Waals surface area contributed by atoms with E-state index in [0.717, 1.165) is 29.9 Å². The maximum atomic E-state index is 12.0. The molecule has 1 aromatic heterocycles. The van der Waals surface area contributed by atoms with Crippen LogP contribution in [0.5, 0.6) is 0 Å². The minimum absolute atomic E-state index is 0.0100. The highest BCUT2D eigenvalue weighted by atomic mass is 32.2. The Morgan fingerprint density at radius 2 is 2.33 bits per heavy atom. The van der Waals surface area contributed by atoms with Gasteiger partial charge in [0.1, 0.15) is 5.82 Å². The largest absolute Gasteiger partial charge is 0.396 e. The standard InChI is InChI=1S/C16H22N2O2S/c19-8-9-21-12-14-6-7-17-15(10-14)18-16(20)11-13-4-2-1-3-5-13/h4,6-7,10,19H,1-3,5,8-9,11-12H2,(H,17,18,20). The average molecular weight is 306 g/mol. The van der Waals surface area contributed by atoms with Gasteiger partial charge >= 0.3 is 0 Å². The lowest BCUT2D eigenvalue weighted by Gasteiger charge is -2.12. The van der Waals surface area contributed by atoms with E-state index in [-0.39, 0.29) is 12.5 Å². The predicted molar refractivity (Wildman–Crippen MR) is 87.3 cm³/mol. The van der Waals surface area contributed by atoms with Crippen LogP contribution >= 0.6 is 11.8 Å². The molecule has 1 amide bonds. The lowest BCUT2D eigenvalue weighted by Crippen LogP contribution is -2.14. The van der Waals surface area contributed by atoms with E-state index in [1.54, 1.807) is 18.0 Å². The lowest BCUT2D eigenvalue weighted by atomic mass is 9.97. The Bertz CT molecular complexity index is 503. The van der Waals surface area contributed by atoms with Gasteiger partial charge in [-0.25, -0.2) is 4.98 Å². The Morgan fingerprint density at radius 1 is 1.43 bits per heavy atom. The topological polar surface area (TPSA) is 62.2 Å². The average Bonchev–Trinajstić information content (AvgIpc) is 2.49. The second-order valence-electron chi connectivity index (χ2n) is 5.16. The zero-order valence-electron chi connectivity index (χ0n) is 12.2. The molecule has 2 N–H and O–H groups in total. The molecule has 0 bridgehead atoms. The molecule has 5 heteroatoms. The molecule has 0 saturated carbocycles. The first-order chi connectivity index (χ1) is 10.3. The van der Waals surface area contributed by atoms with Gasteiger partial charge in [0.15, 0.2) is 0 Å². The molecule has 2 rings (SSSR count). The zero-order chi connectivity index (χ0) is 14.9. The molecular weight excluding hydrogens is 284 g/mol. The van der Waals surface area contributed by atoms with Crippen molar-refractivity contribution in [3.05, 3.63) is 35.5 Å². The van der Waals surface area contributed by atoms with Crippen LogP contribution in [0.25, 0.3) is 0 Å². The van der Waals surface area contributed by atoms with Crippen LogP contribution in [0, 0.1) is 0 Å². The summed E-state index contributed by atoms with van der Waals surface area (Å²) in [7, 11) is 0. The van der Waals surface area contributed by atoms with Gasteiger partial charge in [0, 0.05) is 24.1 Å². The van der Waals surface area contributed by atoms with Gasteiger partial charge in [-0.3, -0.25) is 4.79 Å². The van der Waals surface area contributed by atoms with E-state index in [2.05, 4.69) is 16.4 Å². The third-order valence-corrected chi connectivity index (χ3v) is 4.38. The molecule has 1 aliphatic carbocycles. The third kappa shape index (κ3) is 5.89. The van der Waals surface area contributed by atoms with Crippen LogP contribution in [0.3, 0.4) is 0 Å². The molecule has 0 aromatic carbocycles. The van der Waals surface area contributed by atoms with Crippen molar-refractivity contribution < 1.29 is 9.90 Å². The Balaban J connectivity index is 1.85. The summed E-state index contributed by atoms with van der Waals surface area (Å²) in [6.07, 6.45) is 8.94. The van der Waals surface area contributed by atoms with E-state index in [1.807, 2.05) is 12.1 Å². The molecule has 4 nitrogen and oxygen atoms in total. The minimum atomic E-state index is 0.0100. The number of hydrogen-bond donors (Lipinski definition) is 2. The SMILES string of the molecule is O=C(CC1=CCCCC1)Nc1cc(CSCCO)ccn1. The molecule has 0 radical (unpaired) electrons.